The number of hydrogen-bond donors (Lipinski definition) is 0. The Morgan fingerprint density at radius 1 is 1.15 bits per heavy atom. The summed E-state index contributed by atoms with van der Waals surface area (Å²) in [6, 6.07) is 13.3. The molecule has 1 fully saturated rings. The smallest absolute Gasteiger partial charge is 0.258 e. The Labute approximate surface area is 168 Å². The van der Waals surface area contributed by atoms with Crippen molar-refractivity contribution >= 4 is 46.6 Å². The van der Waals surface area contributed by atoms with Gasteiger partial charge in [-0.3, -0.25) is 9.59 Å². The molecule has 4 rings (SSSR count). The molecule has 140 valence electrons. The number of halogens is 1. The molecule has 2 aliphatic heterocycles. The molecule has 0 N–H and O–H groups in total. The van der Waals surface area contributed by atoms with Crippen LogP contribution in [0, 0.1) is 0 Å². The predicted molar refractivity (Wildman–Crippen MR) is 111 cm³/mol. The normalized spacial score (nSPS) is 19.8. The summed E-state index contributed by atoms with van der Waals surface area (Å²) in [6.07, 6.45) is 2.28. The minimum Gasteiger partial charge on any atom is -0.311 e. The highest BCUT2D eigenvalue weighted by atomic mass is 35.5. The first kappa shape index (κ1) is 18.4. The summed E-state index contributed by atoms with van der Waals surface area (Å²) >= 11 is 8.14. The number of rotatable bonds is 2. The third kappa shape index (κ3) is 3.58. The maximum absolute atomic E-state index is 13.4. The Kier molecular flexibility index (Phi) is 5.15. The summed E-state index contributed by atoms with van der Waals surface area (Å²) in [7, 11) is 0. The fourth-order valence-corrected chi connectivity index (χ4v) is 4.94. The maximum Gasteiger partial charge on any atom is 0.258 e. The van der Waals surface area contributed by atoms with Crippen LogP contribution in [0.25, 0.3) is 0 Å². The first-order chi connectivity index (χ1) is 13.0. The number of thioether (sulfide) groups is 1. The lowest BCUT2D eigenvalue weighted by molar-refractivity contribution is -0.117. The summed E-state index contributed by atoms with van der Waals surface area (Å²) in [6.45, 7) is 3.51. The van der Waals surface area contributed by atoms with Crippen LogP contribution in [0.2, 0.25) is 5.02 Å². The Morgan fingerprint density at radius 3 is 2.74 bits per heavy atom. The first-order valence-electron chi connectivity index (χ1n) is 9.22. The van der Waals surface area contributed by atoms with E-state index in [0.29, 0.717) is 41.0 Å². The van der Waals surface area contributed by atoms with E-state index in [1.807, 2.05) is 34.9 Å². The lowest BCUT2D eigenvalue weighted by Crippen LogP contribution is -2.32. The van der Waals surface area contributed by atoms with Crippen molar-refractivity contribution in [1.82, 2.24) is 0 Å². The zero-order chi connectivity index (χ0) is 19.0. The van der Waals surface area contributed by atoms with Gasteiger partial charge in [-0.25, -0.2) is 0 Å². The summed E-state index contributed by atoms with van der Waals surface area (Å²) < 4.78 is 0. The molecule has 2 heterocycles. The van der Waals surface area contributed by atoms with E-state index in [9.17, 15) is 9.59 Å². The number of benzene rings is 2. The zero-order valence-electron chi connectivity index (χ0n) is 15.2. The van der Waals surface area contributed by atoms with Gasteiger partial charge in [0, 0.05) is 35.2 Å². The van der Waals surface area contributed by atoms with Crippen LogP contribution in [0.5, 0.6) is 0 Å². The third-order valence-corrected chi connectivity index (χ3v) is 6.60. The minimum atomic E-state index is -0.0540. The van der Waals surface area contributed by atoms with E-state index >= 15 is 0 Å². The van der Waals surface area contributed by atoms with Crippen LogP contribution >= 0.6 is 23.4 Å². The van der Waals surface area contributed by atoms with E-state index in [0.717, 1.165) is 23.4 Å². The average Bonchev–Trinajstić information content (AvgIpc) is 3.01. The molecule has 0 aromatic heterocycles. The van der Waals surface area contributed by atoms with Crippen LogP contribution in [-0.2, 0) is 4.79 Å². The van der Waals surface area contributed by atoms with Crippen molar-refractivity contribution in [3.63, 3.8) is 0 Å². The minimum absolute atomic E-state index is 0.0540. The molecule has 4 nitrogen and oxygen atoms in total. The van der Waals surface area contributed by atoms with Gasteiger partial charge in [0.05, 0.1) is 16.4 Å². The standard InChI is InChI=1S/C21H21ClN2O2S/c1-14-10-12-24(17-5-2-3-6-19(17)27-14)21(26)15-8-9-16(22)18(13-15)23-11-4-7-20(23)25/h2-3,5-6,8-9,13-14H,4,7,10-12H2,1H3. The molecule has 2 aromatic rings. The summed E-state index contributed by atoms with van der Waals surface area (Å²) in [5.74, 6) is 0.00792. The molecule has 0 aliphatic carbocycles. The van der Waals surface area contributed by atoms with Gasteiger partial charge in [-0.15, -0.1) is 11.8 Å². The number of fused-ring (bicyclic) bond motifs is 1. The van der Waals surface area contributed by atoms with Crippen molar-refractivity contribution in [2.24, 2.45) is 0 Å². The number of nitrogens with zero attached hydrogens (tertiary/aromatic N) is 2. The van der Waals surface area contributed by atoms with Gasteiger partial charge in [-0.2, -0.15) is 0 Å². The van der Waals surface area contributed by atoms with Crippen LogP contribution < -0.4 is 9.80 Å². The largest absolute Gasteiger partial charge is 0.311 e. The first-order valence-corrected chi connectivity index (χ1v) is 10.5. The molecule has 2 amide bonds. The number of carbonyl (C=O) groups excluding carboxylic acids is 2. The number of anilines is 2. The Hall–Kier alpha value is -1.98. The van der Waals surface area contributed by atoms with Gasteiger partial charge in [0.25, 0.3) is 5.91 Å². The fraction of sp³-hybridized carbons (Fsp3) is 0.333. The highest BCUT2D eigenvalue weighted by molar-refractivity contribution is 8.00. The monoisotopic (exact) mass is 400 g/mol. The lowest BCUT2D eigenvalue weighted by atomic mass is 10.1. The third-order valence-electron chi connectivity index (χ3n) is 5.05. The highest BCUT2D eigenvalue weighted by Gasteiger charge is 2.28. The molecular formula is C21H21ClN2O2S. The molecule has 6 heteroatoms. The Morgan fingerprint density at radius 2 is 1.96 bits per heavy atom. The van der Waals surface area contributed by atoms with Crippen LogP contribution in [0.3, 0.4) is 0 Å². The quantitative estimate of drug-likeness (QED) is 0.712. The van der Waals surface area contributed by atoms with Crippen LogP contribution in [0.15, 0.2) is 47.4 Å². The van der Waals surface area contributed by atoms with Crippen molar-refractivity contribution < 1.29 is 9.59 Å². The predicted octanol–water partition coefficient (Wildman–Crippen LogP) is 5.00. The zero-order valence-corrected chi connectivity index (χ0v) is 16.7. The van der Waals surface area contributed by atoms with E-state index in [-0.39, 0.29) is 11.8 Å². The second-order valence-electron chi connectivity index (χ2n) is 6.96. The van der Waals surface area contributed by atoms with Gasteiger partial charge in [-0.05, 0) is 43.2 Å². The highest BCUT2D eigenvalue weighted by Crippen LogP contribution is 2.38. The maximum atomic E-state index is 13.4. The molecule has 0 radical (unpaired) electrons. The molecule has 0 saturated carbocycles. The Bertz CT molecular complexity index is 902. The summed E-state index contributed by atoms with van der Waals surface area (Å²) in [5, 5.41) is 0.953. The van der Waals surface area contributed by atoms with Crippen LogP contribution in [-0.4, -0.2) is 30.2 Å². The van der Waals surface area contributed by atoms with Gasteiger partial charge in [0.2, 0.25) is 5.91 Å². The molecule has 2 aromatic carbocycles. The van der Waals surface area contributed by atoms with Gasteiger partial charge < -0.3 is 9.80 Å². The van der Waals surface area contributed by atoms with Gasteiger partial charge in [0.1, 0.15) is 0 Å². The summed E-state index contributed by atoms with van der Waals surface area (Å²) in [4.78, 5) is 30.1. The molecule has 2 aliphatic rings. The van der Waals surface area contributed by atoms with E-state index in [4.69, 9.17) is 11.6 Å². The van der Waals surface area contributed by atoms with Crippen LogP contribution in [0.4, 0.5) is 11.4 Å². The average molecular weight is 401 g/mol. The molecule has 1 unspecified atom stereocenters. The molecule has 27 heavy (non-hydrogen) atoms. The second-order valence-corrected chi connectivity index (χ2v) is 8.84. The van der Waals surface area contributed by atoms with E-state index in [1.54, 1.807) is 23.1 Å². The SMILES string of the molecule is CC1CCN(C(=O)c2ccc(Cl)c(N3CCCC3=O)c2)c2ccccc2S1. The topological polar surface area (TPSA) is 40.6 Å². The van der Waals surface area contributed by atoms with Crippen molar-refractivity contribution in [2.75, 3.05) is 22.9 Å². The molecule has 0 bridgehead atoms. The van der Waals surface area contributed by atoms with Gasteiger partial charge in [0.15, 0.2) is 0 Å². The van der Waals surface area contributed by atoms with E-state index in [1.165, 1.54) is 0 Å². The molecule has 1 atom stereocenters. The van der Waals surface area contributed by atoms with Crippen molar-refractivity contribution in [1.29, 1.82) is 0 Å². The summed E-state index contributed by atoms with van der Waals surface area (Å²) in [5.41, 5.74) is 2.14. The van der Waals surface area contributed by atoms with E-state index < -0.39 is 0 Å². The molecule has 1 saturated heterocycles. The Balaban J connectivity index is 1.70. The lowest BCUT2D eigenvalue weighted by Gasteiger charge is -2.24. The molecule has 0 spiro atoms. The number of para-hydroxylation sites is 1. The number of hydrogen-bond acceptors (Lipinski definition) is 3. The number of carbonyl (C=O) groups is 2. The number of amides is 2. The second kappa shape index (κ2) is 7.56. The van der Waals surface area contributed by atoms with Crippen molar-refractivity contribution in [2.45, 2.75) is 36.3 Å². The van der Waals surface area contributed by atoms with Crippen molar-refractivity contribution in [3.8, 4) is 0 Å². The molecular weight excluding hydrogens is 380 g/mol. The fourth-order valence-electron chi connectivity index (χ4n) is 3.61. The van der Waals surface area contributed by atoms with E-state index in [2.05, 4.69) is 13.0 Å². The van der Waals surface area contributed by atoms with Gasteiger partial charge in [-0.1, -0.05) is 30.7 Å². The van der Waals surface area contributed by atoms with Crippen LogP contribution in [0.1, 0.15) is 36.5 Å². The van der Waals surface area contributed by atoms with Gasteiger partial charge >= 0.3 is 0 Å². The van der Waals surface area contributed by atoms with Crippen molar-refractivity contribution in [3.05, 3.63) is 53.1 Å².